The van der Waals surface area contributed by atoms with Crippen molar-refractivity contribution in [3.05, 3.63) is 58.1 Å². The highest BCUT2D eigenvalue weighted by atomic mass is 16.5. The van der Waals surface area contributed by atoms with E-state index in [4.69, 9.17) is 15.2 Å². The fourth-order valence-electron chi connectivity index (χ4n) is 4.22. The molecule has 0 saturated carbocycles. The molecule has 0 saturated heterocycles. The third-order valence-electron chi connectivity index (χ3n) is 6.12. The normalized spacial score (nSPS) is 17.0. The second-order valence-corrected chi connectivity index (χ2v) is 9.04. The molecule has 0 heterocycles. The molecule has 2 aromatic carbocycles. The van der Waals surface area contributed by atoms with E-state index < -0.39 is 5.91 Å². The van der Waals surface area contributed by atoms with Gasteiger partial charge in [0.05, 0.1) is 19.8 Å². The Morgan fingerprint density at radius 2 is 1.59 bits per heavy atom. The fraction of sp³-hybridized carbons (Fsp3) is 0.400. The highest BCUT2D eigenvalue weighted by molar-refractivity contribution is 5.93. The Hall–Kier alpha value is -2.75. The Kier molecular flexibility index (Phi) is 5.48. The molecule has 1 aliphatic rings. The summed E-state index contributed by atoms with van der Waals surface area (Å²) in [5, 5.41) is 0. The van der Waals surface area contributed by atoms with Gasteiger partial charge in [0.15, 0.2) is 0 Å². The van der Waals surface area contributed by atoms with Crippen molar-refractivity contribution in [2.45, 2.75) is 51.4 Å². The van der Waals surface area contributed by atoms with Crippen LogP contribution in [0.15, 0.2) is 30.3 Å². The first-order valence-corrected chi connectivity index (χ1v) is 9.98. The molecular formula is C25H31NO3. The number of primary amides is 1. The van der Waals surface area contributed by atoms with Crippen molar-refractivity contribution in [3.63, 3.8) is 0 Å². The van der Waals surface area contributed by atoms with Crippen LogP contribution in [0.25, 0.3) is 12.2 Å². The maximum absolute atomic E-state index is 11.3. The molecule has 4 heteroatoms. The first-order valence-electron chi connectivity index (χ1n) is 9.98. The van der Waals surface area contributed by atoms with Crippen molar-refractivity contribution in [1.82, 2.24) is 0 Å². The molecule has 0 atom stereocenters. The predicted molar refractivity (Wildman–Crippen MR) is 119 cm³/mol. The fourth-order valence-corrected chi connectivity index (χ4v) is 4.22. The van der Waals surface area contributed by atoms with Gasteiger partial charge in [-0.05, 0) is 59.1 Å². The summed E-state index contributed by atoms with van der Waals surface area (Å²) in [6.07, 6.45) is 6.25. The smallest absolute Gasteiger partial charge is 0.248 e. The van der Waals surface area contributed by atoms with Crippen LogP contribution in [-0.4, -0.2) is 20.1 Å². The van der Waals surface area contributed by atoms with E-state index in [0.717, 1.165) is 35.5 Å². The highest BCUT2D eigenvalue weighted by Crippen LogP contribution is 2.52. The second-order valence-electron chi connectivity index (χ2n) is 9.04. The zero-order chi connectivity index (χ0) is 21.4. The lowest BCUT2D eigenvalue weighted by Gasteiger charge is -2.43. The third kappa shape index (κ3) is 3.89. The topological polar surface area (TPSA) is 61.6 Å². The number of ether oxygens (including phenoxy) is 2. The molecule has 1 aliphatic carbocycles. The molecule has 0 aromatic heterocycles. The predicted octanol–water partition coefficient (Wildman–Crippen LogP) is 5.32. The number of hydrogen-bond acceptors (Lipinski definition) is 3. The van der Waals surface area contributed by atoms with E-state index in [9.17, 15) is 4.79 Å². The number of hydrogen-bond donors (Lipinski definition) is 1. The van der Waals surface area contributed by atoms with E-state index in [1.807, 2.05) is 24.3 Å². The number of carbonyl (C=O) groups excluding carboxylic acids is 1. The summed E-state index contributed by atoms with van der Waals surface area (Å²) in [6.45, 7) is 9.14. The molecule has 0 spiro atoms. The van der Waals surface area contributed by atoms with Crippen molar-refractivity contribution >= 4 is 18.1 Å². The van der Waals surface area contributed by atoms with Gasteiger partial charge in [0.25, 0.3) is 0 Å². The van der Waals surface area contributed by atoms with Crippen molar-refractivity contribution < 1.29 is 14.3 Å². The minimum atomic E-state index is -0.427. The Labute approximate surface area is 173 Å². The summed E-state index contributed by atoms with van der Waals surface area (Å²) in [4.78, 5) is 11.3. The summed E-state index contributed by atoms with van der Waals surface area (Å²) in [5.41, 5.74) is 10.4. The van der Waals surface area contributed by atoms with Gasteiger partial charge in [-0.2, -0.15) is 0 Å². The summed E-state index contributed by atoms with van der Waals surface area (Å²) in [7, 11) is 3.42. The van der Waals surface area contributed by atoms with Gasteiger partial charge in [-0.3, -0.25) is 4.79 Å². The first kappa shape index (κ1) is 21.0. The number of fused-ring (bicyclic) bond motifs is 1. The quantitative estimate of drug-likeness (QED) is 0.699. The molecule has 0 aliphatic heterocycles. The largest absolute Gasteiger partial charge is 0.496 e. The number of methoxy groups -OCH3 is 2. The molecule has 29 heavy (non-hydrogen) atoms. The number of carbonyl (C=O) groups is 1. The summed E-state index contributed by atoms with van der Waals surface area (Å²) in [5.74, 6) is 1.25. The average Bonchev–Trinajstić information content (AvgIpc) is 2.69. The Balaban J connectivity index is 2.15. The molecule has 3 rings (SSSR count). The van der Waals surface area contributed by atoms with Gasteiger partial charge in [-0.1, -0.05) is 45.9 Å². The van der Waals surface area contributed by atoms with E-state index in [1.165, 1.54) is 11.1 Å². The molecule has 2 N–H and O–H groups in total. The van der Waals surface area contributed by atoms with Crippen LogP contribution in [-0.2, 0) is 10.8 Å². The number of nitrogens with two attached hydrogens (primary N) is 1. The SMILES string of the molecule is COc1cc2c(c(OC)c1C=Cc1ccc(C(N)=O)cc1)C(C)(C)CCC2(C)C. The van der Waals surface area contributed by atoms with Gasteiger partial charge in [0.2, 0.25) is 5.91 Å². The van der Waals surface area contributed by atoms with Crippen molar-refractivity contribution in [3.8, 4) is 11.5 Å². The van der Waals surface area contributed by atoms with E-state index in [0.29, 0.717) is 5.56 Å². The Morgan fingerprint density at radius 3 is 2.14 bits per heavy atom. The number of benzene rings is 2. The van der Waals surface area contributed by atoms with Crippen LogP contribution < -0.4 is 15.2 Å². The van der Waals surface area contributed by atoms with Crippen LogP contribution in [0.5, 0.6) is 11.5 Å². The van der Waals surface area contributed by atoms with E-state index >= 15 is 0 Å². The third-order valence-corrected chi connectivity index (χ3v) is 6.12. The highest BCUT2D eigenvalue weighted by Gasteiger charge is 2.40. The molecule has 0 radical (unpaired) electrons. The summed E-state index contributed by atoms with van der Waals surface area (Å²) in [6, 6.07) is 9.39. The second kappa shape index (κ2) is 7.58. The Morgan fingerprint density at radius 1 is 0.966 bits per heavy atom. The van der Waals surface area contributed by atoms with Crippen LogP contribution in [0.1, 0.15) is 73.1 Å². The standard InChI is InChI=1S/C25H31NO3/c1-24(2)13-14-25(3,4)21-19(24)15-20(28-5)18(22(21)29-6)12-9-16-7-10-17(11-8-16)23(26)27/h7-12,15H,13-14H2,1-6H3,(H2,26,27). The first-order chi connectivity index (χ1) is 13.6. The van der Waals surface area contributed by atoms with Crippen LogP contribution in [0, 0.1) is 0 Å². The van der Waals surface area contributed by atoms with E-state index in [1.54, 1.807) is 26.4 Å². The maximum atomic E-state index is 11.3. The summed E-state index contributed by atoms with van der Waals surface area (Å²) >= 11 is 0. The van der Waals surface area contributed by atoms with Crippen LogP contribution in [0.4, 0.5) is 0 Å². The lowest BCUT2D eigenvalue weighted by Crippen LogP contribution is -2.34. The van der Waals surface area contributed by atoms with Crippen molar-refractivity contribution in [2.24, 2.45) is 5.73 Å². The molecular weight excluding hydrogens is 362 g/mol. The van der Waals surface area contributed by atoms with Gasteiger partial charge < -0.3 is 15.2 Å². The molecule has 0 unspecified atom stereocenters. The minimum absolute atomic E-state index is 0.0220. The average molecular weight is 394 g/mol. The summed E-state index contributed by atoms with van der Waals surface area (Å²) < 4.78 is 11.7. The molecule has 2 aromatic rings. The zero-order valence-electron chi connectivity index (χ0n) is 18.3. The van der Waals surface area contributed by atoms with Gasteiger partial charge in [0.1, 0.15) is 11.5 Å². The Bertz CT molecular complexity index is 953. The number of amides is 1. The molecule has 1 amide bonds. The molecule has 154 valence electrons. The molecule has 4 nitrogen and oxygen atoms in total. The van der Waals surface area contributed by atoms with E-state index in [2.05, 4.69) is 33.8 Å². The van der Waals surface area contributed by atoms with E-state index in [-0.39, 0.29) is 10.8 Å². The van der Waals surface area contributed by atoms with Gasteiger partial charge in [0, 0.05) is 11.1 Å². The lowest BCUT2D eigenvalue weighted by atomic mass is 9.62. The van der Waals surface area contributed by atoms with Crippen molar-refractivity contribution in [2.75, 3.05) is 14.2 Å². The van der Waals surface area contributed by atoms with Gasteiger partial charge in [-0.15, -0.1) is 0 Å². The lowest BCUT2D eigenvalue weighted by molar-refractivity contribution is 0.100. The molecule has 0 fully saturated rings. The van der Waals surface area contributed by atoms with Crippen LogP contribution in [0.2, 0.25) is 0 Å². The van der Waals surface area contributed by atoms with Gasteiger partial charge in [-0.25, -0.2) is 0 Å². The van der Waals surface area contributed by atoms with Crippen LogP contribution in [0.3, 0.4) is 0 Å². The van der Waals surface area contributed by atoms with Crippen LogP contribution >= 0.6 is 0 Å². The maximum Gasteiger partial charge on any atom is 0.248 e. The molecule has 0 bridgehead atoms. The monoisotopic (exact) mass is 393 g/mol. The van der Waals surface area contributed by atoms with Crippen molar-refractivity contribution in [1.29, 1.82) is 0 Å². The minimum Gasteiger partial charge on any atom is -0.496 e. The number of rotatable bonds is 5. The zero-order valence-corrected chi connectivity index (χ0v) is 18.3. The van der Waals surface area contributed by atoms with Gasteiger partial charge >= 0.3 is 0 Å².